The van der Waals surface area contributed by atoms with E-state index >= 15 is 0 Å². The van der Waals surface area contributed by atoms with Crippen LogP contribution in [-0.2, 0) is 0 Å². The fraction of sp³-hybridized carbons (Fsp3) is 0.688. The highest BCUT2D eigenvalue weighted by molar-refractivity contribution is 5.10. The number of hydrogen-bond acceptors (Lipinski definition) is 2. The van der Waals surface area contributed by atoms with Crippen LogP contribution in [0.25, 0.3) is 0 Å². The van der Waals surface area contributed by atoms with Crippen molar-refractivity contribution in [1.82, 2.24) is 9.88 Å². The molecule has 1 saturated carbocycles. The molecule has 0 amide bonds. The summed E-state index contributed by atoms with van der Waals surface area (Å²) in [6.07, 6.45) is 8.73. The number of likely N-dealkylation sites (tertiary alicyclic amines) is 1. The van der Waals surface area contributed by atoms with Crippen molar-refractivity contribution in [2.75, 3.05) is 13.1 Å². The molecule has 1 aliphatic heterocycles. The highest BCUT2D eigenvalue weighted by atomic mass is 15.2. The largest absolute Gasteiger partial charge is 0.300 e. The summed E-state index contributed by atoms with van der Waals surface area (Å²) in [6, 6.07) is 7.19. The molecule has 18 heavy (non-hydrogen) atoms. The summed E-state index contributed by atoms with van der Waals surface area (Å²) in [5.41, 5.74) is 1.31. The molecule has 0 aromatic carbocycles. The van der Waals surface area contributed by atoms with E-state index in [4.69, 9.17) is 0 Å². The molecule has 0 bridgehead atoms. The van der Waals surface area contributed by atoms with Crippen LogP contribution in [0.2, 0.25) is 0 Å². The van der Waals surface area contributed by atoms with Crippen molar-refractivity contribution in [2.45, 2.75) is 51.0 Å². The first-order valence-corrected chi connectivity index (χ1v) is 7.48. The van der Waals surface area contributed by atoms with E-state index in [-0.39, 0.29) is 0 Å². The van der Waals surface area contributed by atoms with Crippen LogP contribution in [0.5, 0.6) is 0 Å². The third-order valence-corrected chi connectivity index (χ3v) is 4.77. The molecule has 1 saturated heterocycles. The zero-order valence-electron chi connectivity index (χ0n) is 11.4. The molecular weight excluding hydrogens is 220 g/mol. The molecule has 1 aliphatic carbocycles. The Kier molecular flexibility index (Phi) is 3.64. The zero-order chi connectivity index (χ0) is 12.4. The van der Waals surface area contributed by atoms with Crippen LogP contribution >= 0.6 is 0 Å². The number of pyridine rings is 1. The normalized spacial score (nSPS) is 33.7. The standard InChI is InChI=1S/C16H24N2/c1-13-9-11-18(12-13)15-7-5-14(6-8-15)16-4-2-3-10-17-16/h2-4,10,13-15H,5-9,11-12H2,1H3/t13-,14?,15?/m1/s1. The summed E-state index contributed by atoms with van der Waals surface area (Å²) >= 11 is 0. The summed E-state index contributed by atoms with van der Waals surface area (Å²) in [5, 5.41) is 0. The van der Waals surface area contributed by atoms with E-state index in [1.54, 1.807) is 0 Å². The Balaban J connectivity index is 1.55. The molecule has 0 spiro atoms. The first-order valence-electron chi connectivity index (χ1n) is 7.48. The van der Waals surface area contributed by atoms with Crippen molar-refractivity contribution in [3.63, 3.8) is 0 Å². The molecule has 1 atom stereocenters. The van der Waals surface area contributed by atoms with Gasteiger partial charge in [-0.25, -0.2) is 0 Å². The maximum atomic E-state index is 4.52. The summed E-state index contributed by atoms with van der Waals surface area (Å²) in [6.45, 7) is 5.05. The van der Waals surface area contributed by atoms with Crippen LogP contribution in [0.1, 0.15) is 50.6 Å². The zero-order valence-corrected chi connectivity index (χ0v) is 11.4. The lowest BCUT2D eigenvalue weighted by Crippen LogP contribution is -2.36. The van der Waals surface area contributed by atoms with Gasteiger partial charge in [0.15, 0.2) is 0 Å². The minimum Gasteiger partial charge on any atom is -0.300 e. The minimum atomic E-state index is 0.711. The highest BCUT2D eigenvalue weighted by Gasteiger charge is 2.30. The minimum absolute atomic E-state index is 0.711. The Morgan fingerprint density at radius 2 is 1.94 bits per heavy atom. The van der Waals surface area contributed by atoms with E-state index in [2.05, 4.69) is 28.9 Å². The predicted octanol–water partition coefficient (Wildman–Crippen LogP) is 3.45. The van der Waals surface area contributed by atoms with Gasteiger partial charge in [-0.2, -0.15) is 0 Å². The van der Waals surface area contributed by atoms with E-state index in [1.165, 1.54) is 50.9 Å². The fourth-order valence-corrected chi connectivity index (χ4v) is 3.65. The van der Waals surface area contributed by atoms with Crippen LogP contribution in [0.3, 0.4) is 0 Å². The van der Waals surface area contributed by atoms with Gasteiger partial charge in [0.2, 0.25) is 0 Å². The molecule has 2 nitrogen and oxygen atoms in total. The number of rotatable bonds is 2. The Morgan fingerprint density at radius 3 is 2.56 bits per heavy atom. The molecule has 1 aromatic heterocycles. The third kappa shape index (κ3) is 2.59. The van der Waals surface area contributed by atoms with E-state index in [0.29, 0.717) is 5.92 Å². The molecule has 3 rings (SSSR count). The summed E-state index contributed by atoms with van der Waals surface area (Å²) in [5.74, 6) is 1.63. The van der Waals surface area contributed by atoms with Gasteiger partial charge in [-0.05, 0) is 56.7 Å². The second kappa shape index (κ2) is 5.40. The smallest absolute Gasteiger partial charge is 0.0434 e. The third-order valence-electron chi connectivity index (χ3n) is 4.77. The topological polar surface area (TPSA) is 16.1 Å². The molecular formula is C16H24N2. The van der Waals surface area contributed by atoms with E-state index in [9.17, 15) is 0 Å². The van der Waals surface area contributed by atoms with Gasteiger partial charge in [0.05, 0.1) is 0 Å². The Hall–Kier alpha value is -0.890. The lowest BCUT2D eigenvalue weighted by atomic mass is 9.83. The van der Waals surface area contributed by atoms with Gasteiger partial charge in [0.25, 0.3) is 0 Å². The van der Waals surface area contributed by atoms with Crippen LogP contribution in [-0.4, -0.2) is 29.0 Å². The summed E-state index contributed by atoms with van der Waals surface area (Å²) in [7, 11) is 0. The van der Waals surface area contributed by atoms with Gasteiger partial charge in [0, 0.05) is 30.4 Å². The van der Waals surface area contributed by atoms with Gasteiger partial charge >= 0.3 is 0 Å². The molecule has 0 N–H and O–H groups in total. The van der Waals surface area contributed by atoms with E-state index in [0.717, 1.165) is 12.0 Å². The molecule has 2 heteroatoms. The molecule has 2 heterocycles. The Morgan fingerprint density at radius 1 is 1.11 bits per heavy atom. The Bertz CT molecular complexity index is 368. The molecule has 2 fully saturated rings. The first-order chi connectivity index (χ1) is 8.83. The predicted molar refractivity (Wildman–Crippen MR) is 74.6 cm³/mol. The SMILES string of the molecule is C[C@@H]1CCN(C2CCC(c3ccccn3)CC2)C1. The van der Waals surface area contributed by atoms with Gasteiger partial charge in [0.1, 0.15) is 0 Å². The van der Waals surface area contributed by atoms with E-state index in [1.807, 2.05) is 12.3 Å². The van der Waals surface area contributed by atoms with Gasteiger partial charge in [-0.3, -0.25) is 4.98 Å². The van der Waals surface area contributed by atoms with Gasteiger partial charge in [-0.1, -0.05) is 13.0 Å². The van der Waals surface area contributed by atoms with Crippen LogP contribution in [0, 0.1) is 5.92 Å². The van der Waals surface area contributed by atoms with E-state index < -0.39 is 0 Å². The average molecular weight is 244 g/mol. The van der Waals surface area contributed by atoms with Gasteiger partial charge in [-0.15, -0.1) is 0 Å². The molecule has 98 valence electrons. The fourth-order valence-electron chi connectivity index (χ4n) is 3.65. The van der Waals surface area contributed by atoms with Crippen LogP contribution in [0.15, 0.2) is 24.4 Å². The monoisotopic (exact) mass is 244 g/mol. The quantitative estimate of drug-likeness (QED) is 0.792. The second-order valence-corrected chi connectivity index (χ2v) is 6.15. The molecule has 0 unspecified atom stereocenters. The maximum Gasteiger partial charge on any atom is 0.0434 e. The summed E-state index contributed by atoms with van der Waals surface area (Å²) < 4.78 is 0. The number of hydrogen-bond donors (Lipinski definition) is 0. The second-order valence-electron chi connectivity index (χ2n) is 6.15. The molecule has 0 radical (unpaired) electrons. The van der Waals surface area contributed by atoms with Crippen LogP contribution < -0.4 is 0 Å². The summed E-state index contributed by atoms with van der Waals surface area (Å²) in [4.78, 5) is 7.26. The molecule has 2 aliphatic rings. The lowest BCUT2D eigenvalue weighted by Gasteiger charge is -2.34. The van der Waals surface area contributed by atoms with Crippen molar-refractivity contribution in [2.24, 2.45) is 5.92 Å². The highest BCUT2D eigenvalue weighted by Crippen LogP contribution is 2.35. The van der Waals surface area contributed by atoms with Crippen molar-refractivity contribution in [3.8, 4) is 0 Å². The van der Waals surface area contributed by atoms with Crippen LogP contribution in [0.4, 0.5) is 0 Å². The Labute approximate surface area is 110 Å². The lowest BCUT2D eigenvalue weighted by molar-refractivity contribution is 0.176. The van der Waals surface area contributed by atoms with Crippen molar-refractivity contribution in [1.29, 1.82) is 0 Å². The average Bonchev–Trinajstić information content (AvgIpc) is 2.87. The number of aromatic nitrogens is 1. The number of nitrogens with zero attached hydrogens (tertiary/aromatic N) is 2. The van der Waals surface area contributed by atoms with Crippen molar-refractivity contribution >= 4 is 0 Å². The van der Waals surface area contributed by atoms with Gasteiger partial charge < -0.3 is 4.90 Å². The van der Waals surface area contributed by atoms with Crippen molar-refractivity contribution < 1.29 is 0 Å². The molecule has 1 aromatic rings. The maximum absolute atomic E-state index is 4.52. The first kappa shape index (κ1) is 12.2. The van der Waals surface area contributed by atoms with Crippen molar-refractivity contribution in [3.05, 3.63) is 30.1 Å².